The van der Waals surface area contributed by atoms with Crippen LogP contribution in [0, 0.1) is 6.92 Å². The molecule has 0 atom stereocenters. The van der Waals surface area contributed by atoms with E-state index >= 15 is 0 Å². The van der Waals surface area contributed by atoms with Crippen LogP contribution >= 0.6 is 23.6 Å². The number of esters is 2. The van der Waals surface area contributed by atoms with Crippen LogP contribution in [-0.2, 0) is 9.47 Å². The van der Waals surface area contributed by atoms with E-state index in [1.165, 1.54) is 19.3 Å². The number of hydrogen-bond acceptors (Lipinski definition) is 6. The van der Waals surface area contributed by atoms with E-state index in [0.717, 1.165) is 30.7 Å². The van der Waals surface area contributed by atoms with Crippen LogP contribution < -0.4 is 10.6 Å². The van der Waals surface area contributed by atoms with E-state index in [9.17, 15) is 9.59 Å². The smallest absolute Gasteiger partial charge is 0.348 e. The lowest BCUT2D eigenvalue weighted by Gasteiger charge is -2.11. The molecule has 0 saturated heterocycles. The molecule has 0 spiro atoms. The van der Waals surface area contributed by atoms with Gasteiger partial charge in [-0.25, -0.2) is 9.59 Å². The zero-order valence-electron chi connectivity index (χ0n) is 16.6. The van der Waals surface area contributed by atoms with Gasteiger partial charge in [0.05, 0.1) is 18.8 Å². The van der Waals surface area contributed by atoms with Crippen molar-refractivity contribution in [1.82, 2.24) is 5.32 Å². The summed E-state index contributed by atoms with van der Waals surface area (Å²) in [5.74, 6) is -0.930. The van der Waals surface area contributed by atoms with E-state index in [1.54, 1.807) is 20.8 Å². The summed E-state index contributed by atoms with van der Waals surface area (Å²) >= 11 is 6.49. The first-order valence-electron chi connectivity index (χ1n) is 9.48. The number of anilines is 1. The molecule has 0 radical (unpaired) electrons. The highest BCUT2D eigenvalue weighted by Gasteiger charge is 2.26. The second-order valence-electron chi connectivity index (χ2n) is 6.00. The Bertz CT molecular complexity index is 644. The van der Waals surface area contributed by atoms with Crippen molar-refractivity contribution in [3.05, 3.63) is 16.0 Å². The van der Waals surface area contributed by atoms with Crippen molar-refractivity contribution >= 4 is 45.6 Å². The van der Waals surface area contributed by atoms with Gasteiger partial charge in [0, 0.05) is 6.54 Å². The molecule has 0 amide bonds. The normalized spacial score (nSPS) is 10.4. The summed E-state index contributed by atoms with van der Waals surface area (Å²) < 4.78 is 10.2. The highest BCUT2D eigenvalue weighted by atomic mass is 32.1. The van der Waals surface area contributed by atoms with Gasteiger partial charge in [0.2, 0.25) is 0 Å². The Morgan fingerprint density at radius 2 is 1.63 bits per heavy atom. The number of carbonyl (C=O) groups excluding carboxylic acids is 2. The fourth-order valence-electron chi connectivity index (χ4n) is 2.52. The molecule has 0 fully saturated rings. The average Bonchev–Trinajstić information content (AvgIpc) is 2.94. The van der Waals surface area contributed by atoms with Gasteiger partial charge in [-0.2, -0.15) is 0 Å². The number of unbranched alkanes of at least 4 members (excludes halogenated alkanes) is 4. The molecule has 2 N–H and O–H groups in total. The van der Waals surface area contributed by atoms with Crippen molar-refractivity contribution in [3.8, 4) is 0 Å². The molecule has 1 aromatic heterocycles. The van der Waals surface area contributed by atoms with Gasteiger partial charge >= 0.3 is 11.9 Å². The van der Waals surface area contributed by atoms with Gasteiger partial charge in [0.1, 0.15) is 9.88 Å². The zero-order valence-corrected chi connectivity index (χ0v) is 18.2. The van der Waals surface area contributed by atoms with Gasteiger partial charge in [0.15, 0.2) is 5.11 Å². The van der Waals surface area contributed by atoms with Crippen LogP contribution in [0.4, 0.5) is 5.00 Å². The Kier molecular flexibility index (Phi) is 11.0. The topological polar surface area (TPSA) is 76.7 Å². The molecule has 0 bridgehead atoms. The molecule has 152 valence electrons. The molecule has 0 aliphatic heterocycles. The molecular weight excluding hydrogens is 384 g/mol. The van der Waals surface area contributed by atoms with Crippen molar-refractivity contribution in [2.45, 2.75) is 59.8 Å². The number of nitrogens with one attached hydrogen (secondary N) is 2. The van der Waals surface area contributed by atoms with Crippen LogP contribution in [0.2, 0.25) is 0 Å². The molecule has 1 rings (SSSR count). The highest BCUT2D eigenvalue weighted by Crippen LogP contribution is 2.34. The van der Waals surface area contributed by atoms with Crippen molar-refractivity contribution < 1.29 is 19.1 Å². The van der Waals surface area contributed by atoms with Gasteiger partial charge in [-0.15, -0.1) is 11.3 Å². The predicted octanol–water partition coefficient (Wildman–Crippen LogP) is 4.67. The van der Waals surface area contributed by atoms with Crippen LogP contribution in [0.25, 0.3) is 0 Å². The minimum atomic E-state index is -0.480. The molecule has 0 saturated carbocycles. The maximum Gasteiger partial charge on any atom is 0.348 e. The van der Waals surface area contributed by atoms with Gasteiger partial charge in [-0.3, -0.25) is 0 Å². The Hall–Kier alpha value is -1.67. The van der Waals surface area contributed by atoms with Crippen molar-refractivity contribution in [2.75, 3.05) is 25.1 Å². The van der Waals surface area contributed by atoms with Crippen LogP contribution in [0.3, 0.4) is 0 Å². The van der Waals surface area contributed by atoms with Gasteiger partial charge < -0.3 is 20.1 Å². The maximum absolute atomic E-state index is 12.4. The van der Waals surface area contributed by atoms with Crippen LogP contribution in [0.15, 0.2) is 0 Å². The summed E-state index contributed by atoms with van der Waals surface area (Å²) in [6.45, 7) is 8.67. The molecule has 1 heterocycles. The Balaban J connectivity index is 2.81. The third-order valence-corrected chi connectivity index (χ3v) is 5.31. The van der Waals surface area contributed by atoms with E-state index in [-0.39, 0.29) is 13.2 Å². The van der Waals surface area contributed by atoms with E-state index in [2.05, 4.69) is 17.6 Å². The number of thiocarbonyl (C=S) groups is 1. The largest absolute Gasteiger partial charge is 0.462 e. The monoisotopic (exact) mass is 414 g/mol. The maximum atomic E-state index is 12.4. The zero-order chi connectivity index (χ0) is 20.2. The number of hydrogen-bond donors (Lipinski definition) is 2. The van der Waals surface area contributed by atoms with E-state index in [4.69, 9.17) is 21.7 Å². The summed E-state index contributed by atoms with van der Waals surface area (Å²) in [7, 11) is 0. The third-order valence-electron chi connectivity index (χ3n) is 3.88. The molecule has 0 aliphatic carbocycles. The lowest BCUT2D eigenvalue weighted by molar-refractivity contribution is 0.0527. The number of carbonyl (C=O) groups is 2. The summed E-state index contributed by atoms with van der Waals surface area (Å²) in [6.07, 6.45) is 5.87. The first kappa shape index (κ1) is 23.4. The van der Waals surface area contributed by atoms with Crippen LogP contribution in [0.1, 0.15) is 78.5 Å². The standard InChI is InChI=1S/C19H30N2O4S2/c1-5-8-9-10-11-12-20-19(26)21-16-14(17(22)24-6-2)13(4)15(27-16)18(23)25-7-3/h5-12H2,1-4H3,(H2,20,21,26). The predicted molar refractivity (Wildman–Crippen MR) is 114 cm³/mol. The third kappa shape index (κ3) is 7.46. The molecule has 1 aromatic rings. The first-order chi connectivity index (χ1) is 13.0. The van der Waals surface area contributed by atoms with Gasteiger partial charge in [-0.05, 0) is 45.0 Å². The Morgan fingerprint density at radius 1 is 1.00 bits per heavy atom. The van der Waals surface area contributed by atoms with Crippen molar-refractivity contribution in [3.63, 3.8) is 0 Å². The fraction of sp³-hybridized carbons (Fsp3) is 0.632. The van der Waals surface area contributed by atoms with E-state index in [0.29, 0.717) is 26.1 Å². The van der Waals surface area contributed by atoms with E-state index in [1.807, 2.05) is 0 Å². The summed E-state index contributed by atoms with van der Waals surface area (Å²) in [4.78, 5) is 24.9. The SMILES string of the molecule is CCCCCCCNC(=S)Nc1sc(C(=O)OCC)c(C)c1C(=O)OCC. The second kappa shape index (κ2) is 12.7. The minimum absolute atomic E-state index is 0.253. The highest BCUT2D eigenvalue weighted by molar-refractivity contribution is 7.80. The molecule has 0 unspecified atom stereocenters. The molecule has 0 aromatic carbocycles. The summed E-state index contributed by atoms with van der Waals surface area (Å²) in [5.41, 5.74) is 0.874. The average molecular weight is 415 g/mol. The van der Waals surface area contributed by atoms with Crippen molar-refractivity contribution in [1.29, 1.82) is 0 Å². The van der Waals surface area contributed by atoms with Gasteiger partial charge in [0.25, 0.3) is 0 Å². The Labute approximate surface area is 171 Å². The second-order valence-corrected chi connectivity index (χ2v) is 7.43. The fourth-order valence-corrected chi connectivity index (χ4v) is 3.88. The van der Waals surface area contributed by atoms with Crippen LogP contribution in [-0.4, -0.2) is 36.8 Å². The number of ether oxygens (including phenoxy) is 2. The molecule has 8 heteroatoms. The summed E-state index contributed by atoms with van der Waals surface area (Å²) in [6, 6.07) is 0. The lowest BCUT2D eigenvalue weighted by atomic mass is 10.1. The molecular formula is C19H30N2O4S2. The lowest BCUT2D eigenvalue weighted by Crippen LogP contribution is -2.29. The number of rotatable bonds is 11. The first-order valence-corrected chi connectivity index (χ1v) is 10.7. The molecule has 27 heavy (non-hydrogen) atoms. The molecule has 6 nitrogen and oxygen atoms in total. The van der Waals surface area contributed by atoms with Gasteiger partial charge in [-0.1, -0.05) is 32.6 Å². The quantitative estimate of drug-likeness (QED) is 0.310. The number of thiophene rings is 1. The van der Waals surface area contributed by atoms with Crippen LogP contribution in [0.5, 0.6) is 0 Å². The van der Waals surface area contributed by atoms with E-state index < -0.39 is 11.9 Å². The Morgan fingerprint density at radius 3 is 2.26 bits per heavy atom. The molecule has 0 aliphatic rings. The minimum Gasteiger partial charge on any atom is -0.462 e. The van der Waals surface area contributed by atoms with Crippen molar-refractivity contribution in [2.24, 2.45) is 0 Å². The summed E-state index contributed by atoms with van der Waals surface area (Å²) in [5, 5.41) is 7.11.